The Morgan fingerprint density at radius 2 is 1.32 bits per heavy atom. The zero-order chi connectivity index (χ0) is 20.4. The second kappa shape index (κ2) is 11.5. The van der Waals surface area contributed by atoms with Crippen molar-refractivity contribution in [1.82, 2.24) is 0 Å². The van der Waals surface area contributed by atoms with Gasteiger partial charge in [-0.2, -0.15) is 0 Å². The Bertz CT molecular complexity index is 760. The van der Waals surface area contributed by atoms with Gasteiger partial charge in [-0.1, -0.05) is 68.6 Å². The highest BCUT2D eigenvalue weighted by Gasteiger charge is 2.34. The first-order valence-electron chi connectivity index (χ1n) is 9.36. The van der Waals surface area contributed by atoms with E-state index in [0.29, 0.717) is 0 Å². The van der Waals surface area contributed by atoms with Crippen molar-refractivity contribution in [3.05, 3.63) is 48.5 Å². The van der Waals surface area contributed by atoms with E-state index in [2.05, 4.69) is 66.6 Å². The number of rotatable bonds is 5. The monoisotopic (exact) mass is 426 g/mol. The normalized spacial score (nSPS) is 12.8. The summed E-state index contributed by atoms with van der Waals surface area (Å²) < 4.78 is 39.0. The molecule has 0 spiro atoms. The molecule has 0 atom stereocenters. The van der Waals surface area contributed by atoms with Gasteiger partial charge in [0.2, 0.25) is 0 Å². The van der Waals surface area contributed by atoms with Crippen LogP contribution in [0.4, 0.5) is 17.3 Å². The Kier molecular flexibility index (Phi) is 9.33. The smallest absolute Gasteiger partial charge is 0.418 e. The summed E-state index contributed by atoms with van der Waals surface area (Å²) in [5, 5.41) is 3.59. The van der Waals surface area contributed by atoms with E-state index in [4.69, 9.17) is 0 Å². The maximum absolute atomic E-state index is 9.75. The molecule has 1 heterocycles. The van der Waals surface area contributed by atoms with E-state index in [-0.39, 0.29) is 10.9 Å². The van der Waals surface area contributed by atoms with Gasteiger partial charge >= 0.3 is 7.25 Å². The van der Waals surface area contributed by atoms with Gasteiger partial charge in [-0.15, -0.1) is 0 Å². The molecule has 7 heteroatoms. The largest absolute Gasteiger partial charge is 0.673 e. The van der Waals surface area contributed by atoms with E-state index in [0.717, 1.165) is 6.42 Å². The van der Waals surface area contributed by atoms with Crippen LogP contribution in [0.25, 0.3) is 0 Å². The fourth-order valence-corrected chi connectivity index (χ4v) is 5.98. The van der Waals surface area contributed by atoms with Gasteiger partial charge in [0.1, 0.15) is 0 Å². The summed E-state index contributed by atoms with van der Waals surface area (Å²) >= 11 is 1.88. The summed E-state index contributed by atoms with van der Waals surface area (Å²) in [6.07, 6.45) is 7.61. The number of fused-ring (bicyclic) bond motifs is 2. The van der Waals surface area contributed by atoms with Crippen LogP contribution in [-0.2, 0) is 10.9 Å². The van der Waals surface area contributed by atoms with Gasteiger partial charge in [0, 0.05) is 6.42 Å². The van der Waals surface area contributed by atoms with Crippen LogP contribution in [-0.4, -0.2) is 7.25 Å². The lowest BCUT2D eigenvalue weighted by atomic mass is 10.1. The minimum atomic E-state index is -6.00. The van der Waals surface area contributed by atoms with Gasteiger partial charge in [-0.3, -0.25) is 0 Å². The highest BCUT2D eigenvalue weighted by Crippen LogP contribution is 2.44. The first kappa shape index (κ1) is 22.8. The third-order valence-electron chi connectivity index (χ3n) is 3.94. The van der Waals surface area contributed by atoms with Crippen LogP contribution >= 0.6 is 11.8 Å². The molecule has 3 rings (SSSR count). The molecule has 2 aromatic rings. The molecule has 0 N–H and O–H groups in total. The van der Waals surface area contributed by atoms with Crippen molar-refractivity contribution in [3.63, 3.8) is 0 Å². The van der Waals surface area contributed by atoms with Crippen LogP contribution in [0.15, 0.2) is 68.1 Å². The first-order valence-corrected chi connectivity index (χ1v) is 11.4. The van der Waals surface area contributed by atoms with E-state index >= 15 is 0 Å². The summed E-state index contributed by atoms with van der Waals surface area (Å²) in [4.78, 5) is 5.53. The summed E-state index contributed by atoms with van der Waals surface area (Å²) in [6, 6.07) is 17.5. The van der Waals surface area contributed by atoms with Crippen molar-refractivity contribution in [2.75, 3.05) is 0 Å². The van der Waals surface area contributed by atoms with Gasteiger partial charge in [0.05, 0.1) is 9.79 Å². The number of unbranched alkanes of at least 4 members (excludes halogenated alkanes) is 5. The lowest BCUT2D eigenvalue weighted by molar-refractivity contribution is 0.368. The van der Waals surface area contributed by atoms with Crippen molar-refractivity contribution in [3.8, 4) is 11.2 Å². The predicted molar refractivity (Wildman–Crippen MR) is 112 cm³/mol. The SMILES string of the molecule is CCCCCCCC#C[S+]1c2ccccc2Sc2ccccc21.F[B-](F)(F)F. The number of halogens is 4. The van der Waals surface area contributed by atoms with Crippen molar-refractivity contribution in [1.29, 1.82) is 0 Å². The van der Waals surface area contributed by atoms with Crippen LogP contribution in [0.2, 0.25) is 0 Å². The minimum absolute atomic E-state index is 0.0853. The minimum Gasteiger partial charge on any atom is -0.418 e. The lowest BCUT2D eigenvalue weighted by Crippen LogP contribution is -2.07. The van der Waals surface area contributed by atoms with Crippen molar-refractivity contribution in [2.24, 2.45) is 0 Å². The highest BCUT2D eigenvalue weighted by molar-refractivity contribution is 8.06. The van der Waals surface area contributed by atoms with E-state index in [1.165, 1.54) is 51.7 Å². The van der Waals surface area contributed by atoms with Crippen LogP contribution in [0.1, 0.15) is 45.4 Å². The lowest BCUT2D eigenvalue weighted by Gasteiger charge is -2.14. The maximum atomic E-state index is 9.75. The van der Waals surface area contributed by atoms with Gasteiger partial charge in [0.25, 0.3) is 0 Å². The molecule has 0 fully saturated rings. The number of hydrogen-bond donors (Lipinski definition) is 0. The molecular formula is C21H23BF4S2. The van der Waals surface area contributed by atoms with Crippen molar-refractivity contribution < 1.29 is 17.3 Å². The molecular weight excluding hydrogens is 403 g/mol. The van der Waals surface area contributed by atoms with Gasteiger partial charge in [-0.05, 0) is 36.6 Å². The molecule has 0 saturated carbocycles. The Morgan fingerprint density at radius 3 is 1.86 bits per heavy atom. The Balaban J connectivity index is 0.000000500. The molecule has 0 radical (unpaired) electrons. The first-order chi connectivity index (χ1) is 13.4. The highest BCUT2D eigenvalue weighted by atomic mass is 32.2. The van der Waals surface area contributed by atoms with E-state index in [9.17, 15) is 17.3 Å². The molecule has 0 aromatic heterocycles. The average molecular weight is 426 g/mol. The standard InChI is InChI=1S/C21H23S2.BF4/c1-2-3-4-5-6-7-12-17-23-20-15-10-8-13-18(20)22-19-14-9-11-16-21(19)23;2-1(3,4)5/h8-11,13-16H,2-7H2,1H3;/q+1;-1. The third-order valence-corrected chi connectivity index (χ3v) is 7.29. The fraction of sp³-hybridized carbons (Fsp3) is 0.333. The second-order valence-electron chi connectivity index (χ2n) is 6.24. The summed E-state index contributed by atoms with van der Waals surface area (Å²) in [5.74, 6) is 3.47. The quantitative estimate of drug-likeness (QED) is 0.154. The second-order valence-corrected chi connectivity index (χ2v) is 9.02. The van der Waals surface area contributed by atoms with Crippen LogP contribution in [0.3, 0.4) is 0 Å². The molecule has 0 aliphatic carbocycles. The van der Waals surface area contributed by atoms with Gasteiger partial charge in [0.15, 0.2) is 25.9 Å². The zero-order valence-corrected chi connectivity index (χ0v) is 17.4. The average Bonchev–Trinajstić information content (AvgIpc) is 2.65. The fourth-order valence-electron chi connectivity index (χ4n) is 2.69. The molecule has 0 amide bonds. The molecule has 0 bridgehead atoms. The Labute approximate surface area is 172 Å². The molecule has 0 nitrogen and oxygen atoms in total. The summed E-state index contributed by atoms with van der Waals surface area (Å²) in [7, 11) is -6.09. The van der Waals surface area contributed by atoms with E-state index < -0.39 is 7.25 Å². The predicted octanol–water partition coefficient (Wildman–Crippen LogP) is 7.81. The van der Waals surface area contributed by atoms with Crippen LogP contribution in [0, 0.1) is 11.2 Å². The molecule has 1 aliphatic rings. The maximum Gasteiger partial charge on any atom is 0.673 e. The third kappa shape index (κ3) is 7.85. The molecule has 28 heavy (non-hydrogen) atoms. The zero-order valence-electron chi connectivity index (χ0n) is 15.8. The van der Waals surface area contributed by atoms with Crippen LogP contribution in [0.5, 0.6) is 0 Å². The summed E-state index contributed by atoms with van der Waals surface area (Å²) in [5.41, 5.74) is 0. The van der Waals surface area contributed by atoms with E-state index in [1.54, 1.807) is 0 Å². The molecule has 0 unspecified atom stereocenters. The van der Waals surface area contributed by atoms with Crippen molar-refractivity contribution >= 4 is 29.9 Å². The molecule has 1 aliphatic heterocycles. The molecule has 150 valence electrons. The topological polar surface area (TPSA) is 0 Å². The molecule has 2 aromatic carbocycles. The number of hydrogen-bond acceptors (Lipinski definition) is 1. The molecule has 0 saturated heterocycles. The van der Waals surface area contributed by atoms with Gasteiger partial charge in [-0.25, -0.2) is 0 Å². The summed E-state index contributed by atoms with van der Waals surface area (Å²) in [6.45, 7) is 2.26. The van der Waals surface area contributed by atoms with Gasteiger partial charge < -0.3 is 17.3 Å². The Hall–Kier alpha value is -1.52. The van der Waals surface area contributed by atoms with Crippen LogP contribution < -0.4 is 0 Å². The van der Waals surface area contributed by atoms with E-state index in [1.807, 2.05) is 11.8 Å². The van der Waals surface area contributed by atoms with Crippen molar-refractivity contribution in [2.45, 2.75) is 65.0 Å². The Morgan fingerprint density at radius 1 is 0.821 bits per heavy atom. The number of benzene rings is 2.